The molecule has 2 atom stereocenters. The number of unbranched alkanes of at least 4 members (excludes halogenated alkanes) is 1. The summed E-state index contributed by atoms with van der Waals surface area (Å²) < 4.78 is 47.1. The molecule has 0 aliphatic carbocycles. The van der Waals surface area contributed by atoms with Crippen LogP contribution in [-0.2, 0) is 11.3 Å². The van der Waals surface area contributed by atoms with Crippen molar-refractivity contribution in [2.24, 2.45) is 0 Å². The first kappa shape index (κ1) is 21.0. The Hall–Kier alpha value is -1.31. The molecule has 2 unspecified atom stereocenters. The monoisotopic (exact) mass is 374 g/mol. The lowest BCUT2D eigenvalue weighted by atomic mass is 10.2. The standard InChI is InChI=1S/C19H29F3N2O2/c1-15-12-24(13-16(2)26-15)9-4-3-8-23-11-17-6-5-7-18(10-17)25-14-19(20,21)22/h5-7,10,15-16,23H,3-4,8-9,11-14H2,1-2H3. The molecule has 0 saturated carbocycles. The van der Waals surface area contributed by atoms with Gasteiger partial charge in [-0.1, -0.05) is 12.1 Å². The smallest absolute Gasteiger partial charge is 0.422 e. The zero-order chi connectivity index (χ0) is 19.0. The van der Waals surface area contributed by atoms with Crippen LogP contribution in [0.1, 0.15) is 32.3 Å². The molecule has 2 rings (SSSR count). The normalized spacial score (nSPS) is 21.7. The van der Waals surface area contributed by atoms with Gasteiger partial charge in [0.15, 0.2) is 6.61 Å². The minimum absolute atomic E-state index is 0.247. The lowest BCUT2D eigenvalue weighted by Gasteiger charge is -2.35. The summed E-state index contributed by atoms with van der Waals surface area (Å²) in [4.78, 5) is 2.44. The van der Waals surface area contributed by atoms with Crippen LogP contribution >= 0.6 is 0 Å². The highest BCUT2D eigenvalue weighted by atomic mass is 19.4. The Morgan fingerprint density at radius 1 is 1.19 bits per heavy atom. The minimum atomic E-state index is -4.32. The maximum atomic E-state index is 12.2. The van der Waals surface area contributed by atoms with Gasteiger partial charge in [-0.25, -0.2) is 0 Å². The van der Waals surface area contributed by atoms with Crippen LogP contribution in [0.4, 0.5) is 13.2 Å². The first-order valence-corrected chi connectivity index (χ1v) is 9.19. The molecule has 0 spiro atoms. The number of morpholine rings is 1. The number of rotatable bonds is 9. The van der Waals surface area contributed by atoms with E-state index < -0.39 is 12.8 Å². The van der Waals surface area contributed by atoms with E-state index in [1.165, 1.54) is 0 Å². The van der Waals surface area contributed by atoms with Gasteiger partial charge >= 0.3 is 6.18 Å². The van der Waals surface area contributed by atoms with E-state index in [1.807, 2.05) is 6.07 Å². The molecule has 1 heterocycles. The molecular formula is C19H29F3N2O2. The first-order valence-electron chi connectivity index (χ1n) is 9.19. The maximum Gasteiger partial charge on any atom is 0.422 e. The van der Waals surface area contributed by atoms with Crippen molar-refractivity contribution < 1.29 is 22.6 Å². The molecular weight excluding hydrogens is 345 g/mol. The molecule has 1 fully saturated rings. The van der Waals surface area contributed by atoms with E-state index in [9.17, 15) is 13.2 Å². The summed E-state index contributed by atoms with van der Waals surface area (Å²) in [7, 11) is 0. The highest BCUT2D eigenvalue weighted by Crippen LogP contribution is 2.19. The van der Waals surface area contributed by atoms with Crippen LogP contribution in [0.15, 0.2) is 24.3 Å². The van der Waals surface area contributed by atoms with Gasteiger partial charge in [0.05, 0.1) is 12.2 Å². The highest BCUT2D eigenvalue weighted by molar-refractivity contribution is 5.28. The Bertz CT molecular complexity index is 530. The summed E-state index contributed by atoms with van der Waals surface area (Å²) in [6.45, 7) is 7.50. The van der Waals surface area contributed by atoms with E-state index in [2.05, 4.69) is 24.1 Å². The fourth-order valence-electron chi connectivity index (χ4n) is 3.20. The summed E-state index contributed by atoms with van der Waals surface area (Å²) in [5.74, 6) is 0.247. The molecule has 148 valence electrons. The largest absolute Gasteiger partial charge is 0.484 e. The van der Waals surface area contributed by atoms with Gasteiger partial charge in [0.25, 0.3) is 0 Å². The SMILES string of the molecule is CC1CN(CCCCNCc2cccc(OCC(F)(F)F)c2)CC(C)O1. The van der Waals surface area contributed by atoms with Crippen molar-refractivity contribution in [2.75, 3.05) is 32.8 Å². The van der Waals surface area contributed by atoms with Gasteiger partial charge in [0.2, 0.25) is 0 Å². The molecule has 4 nitrogen and oxygen atoms in total. The molecule has 1 aromatic carbocycles. The predicted octanol–water partition coefficient (Wildman–Crippen LogP) is 3.61. The number of nitrogens with zero attached hydrogens (tertiary/aromatic N) is 1. The van der Waals surface area contributed by atoms with Gasteiger partial charge in [-0.2, -0.15) is 13.2 Å². The van der Waals surface area contributed by atoms with Crippen LogP contribution in [0, 0.1) is 0 Å². The lowest BCUT2D eigenvalue weighted by Crippen LogP contribution is -2.45. The number of hydrogen-bond acceptors (Lipinski definition) is 4. The van der Waals surface area contributed by atoms with E-state index in [1.54, 1.807) is 18.2 Å². The Labute approximate surface area is 153 Å². The van der Waals surface area contributed by atoms with Gasteiger partial charge in [0.1, 0.15) is 5.75 Å². The minimum Gasteiger partial charge on any atom is -0.484 e. The summed E-state index contributed by atoms with van der Waals surface area (Å²) in [6.07, 6.45) is -1.55. The van der Waals surface area contributed by atoms with Crippen LogP contribution in [0.25, 0.3) is 0 Å². The van der Waals surface area contributed by atoms with E-state index in [4.69, 9.17) is 9.47 Å². The number of hydrogen-bond donors (Lipinski definition) is 1. The average Bonchev–Trinajstić information content (AvgIpc) is 2.55. The topological polar surface area (TPSA) is 33.7 Å². The maximum absolute atomic E-state index is 12.2. The molecule has 0 aromatic heterocycles. The second-order valence-corrected chi connectivity index (χ2v) is 6.95. The Kier molecular flexibility index (Phi) is 8.18. The second kappa shape index (κ2) is 10.1. The first-order chi connectivity index (χ1) is 12.3. The lowest BCUT2D eigenvalue weighted by molar-refractivity contribution is -0.153. The van der Waals surface area contributed by atoms with Gasteiger partial charge in [0, 0.05) is 19.6 Å². The Balaban J connectivity index is 1.59. The van der Waals surface area contributed by atoms with Crippen LogP contribution < -0.4 is 10.1 Å². The van der Waals surface area contributed by atoms with E-state index >= 15 is 0 Å². The molecule has 26 heavy (non-hydrogen) atoms. The number of alkyl halides is 3. The van der Waals surface area contributed by atoms with E-state index in [0.29, 0.717) is 18.8 Å². The van der Waals surface area contributed by atoms with Crippen molar-refractivity contribution in [1.82, 2.24) is 10.2 Å². The summed E-state index contributed by atoms with van der Waals surface area (Å²) in [5, 5.41) is 3.34. The predicted molar refractivity (Wildman–Crippen MR) is 95.4 cm³/mol. The fraction of sp³-hybridized carbons (Fsp3) is 0.684. The molecule has 1 aromatic rings. The summed E-state index contributed by atoms with van der Waals surface area (Å²) >= 11 is 0. The highest BCUT2D eigenvalue weighted by Gasteiger charge is 2.28. The molecule has 1 aliphatic heterocycles. The molecule has 1 N–H and O–H groups in total. The van der Waals surface area contributed by atoms with Crippen molar-refractivity contribution >= 4 is 0 Å². The zero-order valence-electron chi connectivity index (χ0n) is 15.5. The van der Waals surface area contributed by atoms with Crippen LogP contribution in [0.2, 0.25) is 0 Å². The molecule has 0 radical (unpaired) electrons. The third-order valence-electron chi connectivity index (χ3n) is 4.20. The Morgan fingerprint density at radius 3 is 2.62 bits per heavy atom. The second-order valence-electron chi connectivity index (χ2n) is 6.95. The Morgan fingerprint density at radius 2 is 1.92 bits per heavy atom. The third-order valence-corrected chi connectivity index (χ3v) is 4.20. The average molecular weight is 374 g/mol. The number of halogens is 3. The van der Waals surface area contributed by atoms with E-state index in [0.717, 1.165) is 44.6 Å². The number of ether oxygens (including phenoxy) is 2. The van der Waals surface area contributed by atoms with Gasteiger partial charge in [-0.3, -0.25) is 4.90 Å². The van der Waals surface area contributed by atoms with Crippen molar-refractivity contribution in [2.45, 2.75) is 51.6 Å². The third kappa shape index (κ3) is 8.38. The van der Waals surface area contributed by atoms with Crippen molar-refractivity contribution in [3.8, 4) is 5.75 Å². The molecule has 0 amide bonds. The van der Waals surface area contributed by atoms with Gasteiger partial charge in [-0.05, 0) is 57.5 Å². The van der Waals surface area contributed by atoms with Crippen molar-refractivity contribution in [1.29, 1.82) is 0 Å². The fourth-order valence-corrected chi connectivity index (χ4v) is 3.20. The van der Waals surface area contributed by atoms with Gasteiger partial charge < -0.3 is 14.8 Å². The van der Waals surface area contributed by atoms with Crippen LogP contribution in [0.5, 0.6) is 5.75 Å². The van der Waals surface area contributed by atoms with Crippen molar-refractivity contribution in [3.63, 3.8) is 0 Å². The quantitative estimate of drug-likeness (QED) is 0.670. The summed E-state index contributed by atoms with van der Waals surface area (Å²) in [5.41, 5.74) is 0.917. The van der Waals surface area contributed by atoms with Crippen molar-refractivity contribution in [3.05, 3.63) is 29.8 Å². The molecule has 1 aliphatic rings. The summed E-state index contributed by atoms with van der Waals surface area (Å²) in [6, 6.07) is 6.78. The van der Waals surface area contributed by atoms with Crippen LogP contribution in [-0.4, -0.2) is 56.1 Å². The molecule has 1 saturated heterocycles. The van der Waals surface area contributed by atoms with Gasteiger partial charge in [-0.15, -0.1) is 0 Å². The number of benzene rings is 1. The molecule has 0 bridgehead atoms. The zero-order valence-corrected chi connectivity index (χ0v) is 15.5. The van der Waals surface area contributed by atoms with Crippen LogP contribution in [0.3, 0.4) is 0 Å². The van der Waals surface area contributed by atoms with E-state index in [-0.39, 0.29) is 5.75 Å². The number of nitrogens with one attached hydrogen (secondary N) is 1. The molecule has 7 heteroatoms.